The van der Waals surface area contributed by atoms with Gasteiger partial charge in [0.05, 0.1) is 23.7 Å². The Kier molecular flexibility index (Phi) is 4.68. The predicted octanol–water partition coefficient (Wildman–Crippen LogP) is 3.87. The molecule has 148 valence electrons. The van der Waals surface area contributed by atoms with Crippen LogP contribution in [0, 0.1) is 0 Å². The summed E-state index contributed by atoms with van der Waals surface area (Å²) in [6, 6.07) is 15.9. The number of hydrogen-bond acceptors (Lipinski definition) is 4. The van der Waals surface area contributed by atoms with Gasteiger partial charge in [-0.05, 0) is 18.7 Å². The zero-order valence-corrected chi connectivity index (χ0v) is 16.6. The highest BCUT2D eigenvalue weighted by Crippen LogP contribution is 2.33. The average molecular weight is 387 g/mol. The van der Waals surface area contributed by atoms with Gasteiger partial charge in [-0.3, -0.25) is 14.7 Å². The van der Waals surface area contributed by atoms with Crippen molar-refractivity contribution in [2.24, 2.45) is 0 Å². The predicted molar refractivity (Wildman–Crippen MR) is 113 cm³/mol. The third-order valence-electron chi connectivity index (χ3n) is 6.06. The van der Waals surface area contributed by atoms with Crippen LogP contribution >= 0.6 is 0 Å². The normalized spacial score (nSPS) is 18.6. The van der Waals surface area contributed by atoms with Crippen LogP contribution < -0.4 is 10.1 Å². The van der Waals surface area contributed by atoms with Gasteiger partial charge in [-0.25, -0.2) is 0 Å². The molecule has 2 aromatic carbocycles. The van der Waals surface area contributed by atoms with E-state index >= 15 is 0 Å². The van der Waals surface area contributed by atoms with Crippen molar-refractivity contribution in [1.29, 1.82) is 0 Å². The topological polar surface area (TPSA) is 54.5 Å². The Morgan fingerprint density at radius 1 is 1.21 bits per heavy atom. The van der Waals surface area contributed by atoms with Crippen LogP contribution in [0.5, 0.6) is 5.75 Å². The van der Waals surface area contributed by atoms with E-state index in [4.69, 9.17) is 9.72 Å². The lowest BCUT2D eigenvalue weighted by molar-refractivity contribution is 0.0923. The van der Waals surface area contributed by atoms with E-state index in [0.29, 0.717) is 6.61 Å². The lowest BCUT2D eigenvalue weighted by Crippen LogP contribution is -2.36. The van der Waals surface area contributed by atoms with Crippen LogP contribution in [0.2, 0.25) is 0 Å². The zero-order chi connectivity index (χ0) is 19.8. The van der Waals surface area contributed by atoms with Crippen LogP contribution in [0.15, 0.2) is 48.5 Å². The number of rotatable bonds is 3. The molecule has 0 radical (unpaired) electrons. The van der Waals surface area contributed by atoms with E-state index in [1.165, 1.54) is 0 Å². The third kappa shape index (κ3) is 3.25. The first-order valence-corrected chi connectivity index (χ1v) is 10.4. The maximum absolute atomic E-state index is 13.6. The molecular formula is C24H25N3O2. The number of carbonyl (C=O) groups excluding carboxylic acids is 1. The quantitative estimate of drug-likeness (QED) is 0.741. The molecule has 2 aliphatic heterocycles. The van der Waals surface area contributed by atoms with E-state index in [1.807, 2.05) is 48.5 Å². The molecule has 5 heteroatoms. The Balaban J connectivity index is 1.57. The Morgan fingerprint density at radius 3 is 2.93 bits per heavy atom. The van der Waals surface area contributed by atoms with Crippen LogP contribution in [0.1, 0.15) is 46.6 Å². The number of pyridine rings is 1. The number of ether oxygens (including phenoxy) is 1. The van der Waals surface area contributed by atoms with Gasteiger partial charge in [-0.1, -0.05) is 43.3 Å². The van der Waals surface area contributed by atoms with Gasteiger partial charge in [0, 0.05) is 48.1 Å². The van der Waals surface area contributed by atoms with E-state index in [0.717, 1.165) is 71.5 Å². The first kappa shape index (κ1) is 18.1. The molecule has 1 atom stereocenters. The van der Waals surface area contributed by atoms with Crippen molar-refractivity contribution in [2.45, 2.75) is 32.4 Å². The second-order valence-electron chi connectivity index (χ2n) is 7.75. The Hall–Kier alpha value is -2.92. The first-order valence-electron chi connectivity index (χ1n) is 10.4. The van der Waals surface area contributed by atoms with Gasteiger partial charge in [-0.15, -0.1) is 0 Å². The molecular weight excluding hydrogens is 362 g/mol. The molecule has 2 aliphatic rings. The van der Waals surface area contributed by atoms with Crippen molar-refractivity contribution < 1.29 is 9.53 Å². The monoisotopic (exact) mass is 387 g/mol. The van der Waals surface area contributed by atoms with Crippen LogP contribution in [-0.4, -0.2) is 35.5 Å². The molecule has 5 nitrogen and oxygen atoms in total. The van der Waals surface area contributed by atoms with Crippen molar-refractivity contribution in [2.75, 3.05) is 19.7 Å². The molecule has 0 saturated carbocycles. The SMILES string of the molecule is CCN1CCc2nc3ccccc3c(C(=O)NC3CCOc4ccccc43)c2C1. The summed E-state index contributed by atoms with van der Waals surface area (Å²) in [5.74, 6) is 0.849. The molecule has 3 aromatic rings. The van der Waals surface area contributed by atoms with Crippen LogP contribution in [0.4, 0.5) is 0 Å². The summed E-state index contributed by atoms with van der Waals surface area (Å²) in [7, 11) is 0. The number of benzene rings is 2. The number of carbonyl (C=O) groups is 1. The van der Waals surface area contributed by atoms with Gasteiger partial charge in [0.25, 0.3) is 5.91 Å². The number of nitrogens with one attached hydrogen (secondary N) is 1. The Morgan fingerprint density at radius 2 is 2.03 bits per heavy atom. The van der Waals surface area contributed by atoms with Gasteiger partial charge in [0.15, 0.2) is 0 Å². The smallest absolute Gasteiger partial charge is 0.252 e. The number of likely N-dealkylation sites (N-methyl/N-ethyl adjacent to an activating group) is 1. The number of para-hydroxylation sites is 2. The summed E-state index contributed by atoms with van der Waals surface area (Å²) in [4.78, 5) is 20.9. The Labute approximate surface area is 170 Å². The molecule has 29 heavy (non-hydrogen) atoms. The van der Waals surface area contributed by atoms with Gasteiger partial charge < -0.3 is 10.1 Å². The highest BCUT2D eigenvalue weighted by Gasteiger charge is 2.28. The summed E-state index contributed by atoms with van der Waals surface area (Å²) in [5.41, 5.74) is 4.87. The summed E-state index contributed by atoms with van der Waals surface area (Å²) in [6.07, 6.45) is 1.66. The number of nitrogens with zero attached hydrogens (tertiary/aromatic N) is 2. The maximum atomic E-state index is 13.6. The van der Waals surface area contributed by atoms with E-state index in [2.05, 4.69) is 17.1 Å². The number of fused-ring (bicyclic) bond motifs is 3. The summed E-state index contributed by atoms with van der Waals surface area (Å²) < 4.78 is 5.76. The van der Waals surface area contributed by atoms with Crippen molar-refractivity contribution in [3.8, 4) is 5.75 Å². The standard InChI is InChI=1S/C24H25N3O2/c1-2-27-13-11-20-18(15-27)23(17-8-3-5-9-19(17)25-20)24(28)26-21-12-14-29-22-10-6-4-7-16(21)22/h3-10,21H,2,11-15H2,1H3,(H,26,28). The van der Waals surface area contributed by atoms with E-state index in [1.54, 1.807) is 0 Å². The van der Waals surface area contributed by atoms with Gasteiger partial charge in [-0.2, -0.15) is 0 Å². The molecule has 0 saturated heterocycles. The Bertz CT molecular complexity index is 1080. The summed E-state index contributed by atoms with van der Waals surface area (Å²) in [5, 5.41) is 4.23. The molecule has 1 amide bonds. The fourth-order valence-corrected chi connectivity index (χ4v) is 4.50. The molecule has 3 heterocycles. The highest BCUT2D eigenvalue weighted by molar-refractivity contribution is 6.08. The third-order valence-corrected chi connectivity index (χ3v) is 6.06. The maximum Gasteiger partial charge on any atom is 0.252 e. The molecule has 5 rings (SSSR count). The number of amides is 1. The molecule has 0 spiro atoms. The molecule has 0 aliphatic carbocycles. The fourth-order valence-electron chi connectivity index (χ4n) is 4.50. The lowest BCUT2D eigenvalue weighted by Gasteiger charge is -2.30. The second-order valence-corrected chi connectivity index (χ2v) is 7.75. The lowest BCUT2D eigenvalue weighted by atomic mass is 9.94. The van der Waals surface area contributed by atoms with Crippen LogP contribution in [-0.2, 0) is 13.0 Å². The van der Waals surface area contributed by atoms with Gasteiger partial charge >= 0.3 is 0 Å². The molecule has 1 unspecified atom stereocenters. The number of hydrogen-bond donors (Lipinski definition) is 1. The minimum atomic E-state index is -0.0408. The fraction of sp³-hybridized carbons (Fsp3) is 0.333. The van der Waals surface area contributed by atoms with E-state index < -0.39 is 0 Å². The van der Waals surface area contributed by atoms with Crippen molar-refractivity contribution in [1.82, 2.24) is 15.2 Å². The minimum absolute atomic E-state index is 0.0143. The van der Waals surface area contributed by atoms with Crippen molar-refractivity contribution in [3.05, 3.63) is 70.9 Å². The summed E-state index contributed by atoms with van der Waals surface area (Å²) >= 11 is 0. The second kappa shape index (κ2) is 7.48. The van der Waals surface area contributed by atoms with Crippen LogP contribution in [0.3, 0.4) is 0 Å². The zero-order valence-electron chi connectivity index (χ0n) is 16.6. The molecule has 0 bridgehead atoms. The molecule has 1 aromatic heterocycles. The molecule has 1 N–H and O–H groups in total. The largest absolute Gasteiger partial charge is 0.493 e. The number of aromatic nitrogens is 1. The van der Waals surface area contributed by atoms with Gasteiger partial charge in [0.1, 0.15) is 5.75 Å². The van der Waals surface area contributed by atoms with E-state index in [9.17, 15) is 4.79 Å². The van der Waals surface area contributed by atoms with E-state index in [-0.39, 0.29) is 11.9 Å². The summed E-state index contributed by atoms with van der Waals surface area (Å²) in [6.45, 7) is 5.51. The van der Waals surface area contributed by atoms with Gasteiger partial charge in [0.2, 0.25) is 0 Å². The highest BCUT2D eigenvalue weighted by atomic mass is 16.5. The first-order chi connectivity index (χ1) is 14.2. The van der Waals surface area contributed by atoms with Crippen molar-refractivity contribution >= 4 is 16.8 Å². The van der Waals surface area contributed by atoms with Crippen LogP contribution in [0.25, 0.3) is 10.9 Å². The average Bonchev–Trinajstić information content (AvgIpc) is 2.77. The molecule has 0 fully saturated rings. The van der Waals surface area contributed by atoms with Crippen molar-refractivity contribution in [3.63, 3.8) is 0 Å². The minimum Gasteiger partial charge on any atom is -0.493 e.